The van der Waals surface area contributed by atoms with Gasteiger partial charge in [0.25, 0.3) is 0 Å². The quantitative estimate of drug-likeness (QED) is 0.697. The molecule has 176 valence electrons. The van der Waals surface area contributed by atoms with Gasteiger partial charge in [-0.1, -0.05) is 0 Å². The summed E-state index contributed by atoms with van der Waals surface area (Å²) in [7, 11) is 1.67. The van der Waals surface area contributed by atoms with E-state index in [1.54, 1.807) is 30.5 Å². The molecule has 2 aliphatic heterocycles. The number of piperidine rings is 1. The van der Waals surface area contributed by atoms with Crippen molar-refractivity contribution in [2.24, 2.45) is 17.8 Å². The minimum absolute atomic E-state index is 0.0668. The lowest BCUT2D eigenvalue weighted by Crippen LogP contribution is -2.41. The van der Waals surface area contributed by atoms with E-state index >= 15 is 0 Å². The Balaban J connectivity index is 1.44. The lowest BCUT2D eigenvalue weighted by atomic mass is 9.78. The van der Waals surface area contributed by atoms with Crippen LogP contribution in [0.2, 0.25) is 0 Å². The molecule has 9 heteroatoms. The van der Waals surface area contributed by atoms with Crippen LogP contribution in [0.4, 0.5) is 18.9 Å². The fourth-order valence-electron chi connectivity index (χ4n) is 5.27. The Morgan fingerprint density at radius 3 is 2.61 bits per heavy atom. The molecule has 4 rings (SSSR count). The first-order chi connectivity index (χ1) is 15.8. The standard InChI is InChI=1S/C24H27F3N4OS/c1-29-23(32)21-14-30(12-16-6-9-33-15-16)13-20(21)17-4-7-31(8-5-17)19-3-2-18(11-28)22(10-19)24(25,26)27/h2-3,6,9-10,15,17,20-21H,4-5,7-8,12-14H2,1H3,(H,29,32)/t20-,21+/m0/s1. The fourth-order valence-corrected chi connectivity index (χ4v) is 5.93. The lowest BCUT2D eigenvalue weighted by Gasteiger charge is -2.37. The van der Waals surface area contributed by atoms with Crippen molar-refractivity contribution in [1.82, 2.24) is 10.2 Å². The summed E-state index contributed by atoms with van der Waals surface area (Å²) in [6, 6.07) is 7.69. The number of carbonyl (C=O) groups is 1. The molecule has 2 saturated heterocycles. The molecule has 0 aliphatic carbocycles. The first kappa shape index (κ1) is 23.6. The molecule has 2 aromatic rings. The molecule has 1 N–H and O–H groups in total. The van der Waals surface area contributed by atoms with E-state index in [1.807, 2.05) is 4.90 Å². The molecular weight excluding hydrogens is 449 g/mol. The van der Waals surface area contributed by atoms with Gasteiger partial charge in [0, 0.05) is 45.5 Å². The highest BCUT2D eigenvalue weighted by Gasteiger charge is 2.42. The molecule has 0 spiro atoms. The molecule has 0 bridgehead atoms. The number of hydrogen-bond acceptors (Lipinski definition) is 5. The third-order valence-electron chi connectivity index (χ3n) is 6.95. The van der Waals surface area contributed by atoms with E-state index in [-0.39, 0.29) is 23.3 Å². The highest BCUT2D eigenvalue weighted by molar-refractivity contribution is 7.07. The summed E-state index contributed by atoms with van der Waals surface area (Å²) in [5.41, 5.74) is 0.510. The largest absolute Gasteiger partial charge is 0.417 e. The van der Waals surface area contributed by atoms with E-state index in [4.69, 9.17) is 5.26 Å². The summed E-state index contributed by atoms with van der Waals surface area (Å²) in [5, 5.41) is 16.0. The maximum Gasteiger partial charge on any atom is 0.417 e. The summed E-state index contributed by atoms with van der Waals surface area (Å²) < 4.78 is 40.1. The van der Waals surface area contributed by atoms with Crippen molar-refractivity contribution < 1.29 is 18.0 Å². The van der Waals surface area contributed by atoms with E-state index < -0.39 is 11.7 Å². The van der Waals surface area contributed by atoms with Crippen LogP contribution in [0.5, 0.6) is 0 Å². The third kappa shape index (κ3) is 5.17. The van der Waals surface area contributed by atoms with Gasteiger partial charge >= 0.3 is 6.18 Å². The van der Waals surface area contributed by atoms with Crippen molar-refractivity contribution >= 4 is 22.9 Å². The molecule has 1 aromatic carbocycles. The first-order valence-corrected chi connectivity index (χ1v) is 12.1. The van der Waals surface area contributed by atoms with Crippen molar-refractivity contribution in [1.29, 1.82) is 5.26 Å². The smallest absolute Gasteiger partial charge is 0.372 e. The topological polar surface area (TPSA) is 59.4 Å². The van der Waals surface area contributed by atoms with Gasteiger partial charge in [0.05, 0.1) is 23.1 Å². The highest BCUT2D eigenvalue weighted by Crippen LogP contribution is 2.39. The van der Waals surface area contributed by atoms with Crippen LogP contribution in [0, 0.1) is 29.1 Å². The minimum atomic E-state index is -4.56. The van der Waals surface area contributed by atoms with E-state index in [0.717, 1.165) is 38.5 Å². The number of nitriles is 1. The Morgan fingerprint density at radius 2 is 2.00 bits per heavy atom. The van der Waals surface area contributed by atoms with Crippen LogP contribution in [0.15, 0.2) is 35.0 Å². The van der Waals surface area contributed by atoms with Gasteiger partial charge in [0.2, 0.25) is 5.91 Å². The van der Waals surface area contributed by atoms with Gasteiger partial charge in [-0.05, 0) is 65.3 Å². The van der Waals surface area contributed by atoms with Crippen LogP contribution in [-0.2, 0) is 17.5 Å². The van der Waals surface area contributed by atoms with E-state index in [2.05, 4.69) is 27.0 Å². The van der Waals surface area contributed by atoms with Crippen molar-refractivity contribution in [3.05, 3.63) is 51.7 Å². The summed E-state index contributed by atoms with van der Waals surface area (Å²) in [6.45, 7) is 3.68. The van der Waals surface area contributed by atoms with Gasteiger partial charge in [-0.2, -0.15) is 29.8 Å². The summed E-state index contributed by atoms with van der Waals surface area (Å²) in [4.78, 5) is 16.9. The molecular formula is C24H27F3N4OS. The molecule has 2 atom stereocenters. The van der Waals surface area contributed by atoms with Gasteiger partial charge in [-0.15, -0.1) is 0 Å². The molecule has 2 fully saturated rings. The average molecular weight is 477 g/mol. The number of amides is 1. The van der Waals surface area contributed by atoms with Gasteiger partial charge < -0.3 is 10.2 Å². The van der Waals surface area contributed by atoms with Crippen molar-refractivity contribution in [2.75, 3.05) is 38.1 Å². The second-order valence-corrected chi connectivity index (χ2v) is 9.65. The Kier molecular flexibility index (Phi) is 6.96. The zero-order valence-corrected chi connectivity index (χ0v) is 19.3. The molecule has 1 amide bonds. The van der Waals surface area contributed by atoms with Crippen molar-refractivity contribution in [3.8, 4) is 6.07 Å². The second kappa shape index (κ2) is 9.74. The maximum atomic E-state index is 13.4. The van der Waals surface area contributed by atoms with Gasteiger partial charge in [0.15, 0.2) is 0 Å². The number of rotatable bonds is 5. The van der Waals surface area contributed by atoms with Crippen LogP contribution in [0.3, 0.4) is 0 Å². The highest BCUT2D eigenvalue weighted by atomic mass is 32.1. The monoisotopic (exact) mass is 476 g/mol. The zero-order valence-electron chi connectivity index (χ0n) is 18.4. The van der Waals surface area contributed by atoms with E-state index in [1.165, 1.54) is 11.6 Å². The molecule has 3 heterocycles. The predicted molar refractivity (Wildman–Crippen MR) is 122 cm³/mol. The van der Waals surface area contributed by atoms with Crippen LogP contribution >= 0.6 is 11.3 Å². The van der Waals surface area contributed by atoms with E-state index in [0.29, 0.717) is 24.7 Å². The predicted octanol–water partition coefficient (Wildman–Crippen LogP) is 4.35. The lowest BCUT2D eigenvalue weighted by molar-refractivity contribution is -0.137. The SMILES string of the molecule is CNC(=O)[C@@H]1CN(Cc2ccsc2)C[C@H]1C1CCN(c2ccc(C#N)c(C(F)(F)F)c2)CC1. The number of hydrogen-bond donors (Lipinski definition) is 1. The Hall–Kier alpha value is -2.57. The molecule has 2 aliphatic rings. The molecule has 0 radical (unpaired) electrons. The minimum Gasteiger partial charge on any atom is -0.372 e. The molecule has 5 nitrogen and oxygen atoms in total. The second-order valence-electron chi connectivity index (χ2n) is 8.87. The third-order valence-corrected chi connectivity index (χ3v) is 7.68. The number of anilines is 1. The molecule has 1 aromatic heterocycles. The van der Waals surface area contributed by atoms with Crippen LogP contribution < -0.4 is 10.2 Å². The average Bonchev–Trinajstić information content (AvgIpc) is 3.48. The number of carbonyl (C=O) groups excluding carboxylic acids is 1. The Morgan fingerprint density at radius 1 is 1.24 bits per heavy atom. The number of benzene rings is 1. The van der Waals surface area contributed by atoms with E-state index in [9.17, 15) is 18.0 Å². The van der Waals surface area contributed by atoms with Gasteiger partial charge in [-0.25, -0.2) is 0 Å². The fraction of sp³-hybridized carbons (Fsp3) is 0.500. The summed E-state index contributed by atoms with van der Waals surface area (Å²) in [6.07, 6.45) is -2.91. The van der Waals surface area contributed by atoms with Crippen LogP contribution in [0.25, 0.3) is 0 Å². The van der Waals surface area contributed by atoms with Gasteiger partial charge in [0.1, 0.15) is 0 Å². The number of halogens is 3. The maximum absolute atomic E-state index is 13.4. The summed E-state index contributed by atoms with van der Waals surface area (Å²) >= 11 is 1.67. The van der Waals surface area contributed by atoms with Crippen LogP contribution in [-0.4, -0.2) is 44.0 Å². The first-order valence-electron chi connectivity index (χ1n) is 11.1. The van der Waals surface area contributed by atoms with Crippen molar-refractivity contribution in [3.63, 3.8) is 0 Å². The number of likely N-dealkylation sites (tertiary alicyclic amines) is 1. The Bertz CT molecular complexity index is 1010. The number of alkyl halides is 3. The summed E-state index contributed by atoms with van der Waals surface area (Å²) in [5.74, 6) is 0.572. The van der Waals surface area contributed by atoms with Crippen molar-refractivity contribution in [2.45, 2.75) is 25.6 Å². The molecule has 0 unspecified atom stereocenters. The zero-order chi connectivity index (χ0) is 23.6. The molecule has 33 heavy (non-hydrogen) atoms. The van der Waals surface area contributed by atoms with Crippen LogP contribution in [0.1, 0.15) is 29.5 Å². The number of thiophene rings is 1. The molecule has 0 saturated carbocycles. The number of nitrogens with zero attached hydrogens (tertiary/aromatic N) is 3. The Labute approximate surface area is 195 Å². The van der Waals surface area contributed by atoms with Gasteiger partial charge in [-0.3, -0.25) is 9.69 Å². The normalized spacial score (nSPS) is 22.3. The number of nitrogens with one attached hydrogen (secondary N) is 1.